The van der Waals surface area contributed by atoms with E-state index in [1.165, 1.54) is 5.56 Å². The highest BCUT2D eigenvalue weighted by molar-refractivity contribution is 5.87. The summed E-state index contributed by atoms with van der Waals surface area (Å²) in [5, 5.41) is 3.09. The van der Waals surface area contributed by atoms with E-state index in [1.807, 2.05) is 78.9 Å². The molecule has 130 valence electrons. The van der Waals surface area contributed by atoms with Crippen LogP contribution in [-0.2, 0) is 11.2 Å². The zero-order valence-corrected chi connectivity index (χ0v) is 14.5. The van der Waals surface area contributed by atoms with Crippen LogP contribution in [0.2, 0.25) is 0 Å². The molecule has 0 aromatic heterocycles. The molecule has 3 heteroatoms. The Hall–Kier alpha value is -3.07. The molecular weight excluding hydrogens is 322 g/mol. The first-order valence-corrected chi connectivity index (χ1v) is 8.93. The molecule has 1 heterocycles. The van der Waals surface area contributed by atoms with Crippen LogP contribution in [0.3, 0.4) is 0 Å². The van der Waals surface area contributed by atoms with Gasteiger partial charge in [0.15, 0.2) is 0 Å². The van der Waals surface area contributed by atoms with E-state index in [1.54, 1.807) is 0 Å². The van der Waals surface area contributed by atoms with Gasteiger partial charge in [0.05, 0.1) is 12.5 Å². The number of carbonyl (C=O) groups excluding carboxylic acids is 1. The molecule has 0 radical (unpaired) electrons. The van der Waals surface area contributed by atoms with Crippen LogP contribution in [0.1, 0.15) is 22.6 Å². The highest BCUT2D eigenvalue weighted by Gasteiger charge is 2.26. The molecule has 3 aromatic rings. The first kappa shape index (κ1) is 16.4. The lowest BCUT2D eigenvalue weighted by molar-refractivity contribution is -0.122. The minimum atomic E-state index is -0.318. The van der Waals surface area contributed by atoms with E-state index in [2.05, 4.69) is 11.4 Å². The summed E-state index contributed by atoms with van der Waals surface area (Å²) in [6, 6.07) is 27.8. The molecule has 4 rings (SSSR count). The minimum absolute atomic E-state index is 0.00181. The SMILES string of the molecule is O=C(NCC1Cc2ccccc2O1)C(c1ccccc1)c1ccccc1. The fraction of sp³-hybridized carbons (Fsp3) is 0.174. The average molecular weight is 343 g/mol. The van der Waals surface area contributed by atoms with Crippen LogP contribution in [0.4, 0.5) is 0 Å². The van der Waals surface area contributed by atoms with Crippen LogP contribution in [-0.4, -0.2) is 18.6 Å². The van der Waals surface area contributed by atoms with Gasteiger partial charge in [0.2, 0.25) is 5.91 Å². The summed E-state index contributed by atoms with van der Waals surface area (Å²) in [7, 11) is 0. The monoisotopic (exact) mass is 343 g/mol. The van der Waals surface area contributed by atoms with E-state index in [0.29, 0.717) is 6.54 Å². The lowest BCUT2D eigenvalue weighted by Gasteiger charge is -2.19. The van der Waals surface area contributed by atoms with E-state index < -0.39 is 0 Å². The predicted octanol–water partition coefficient (Wildman–Crippen LogP) is 3.94. The molecule has 0 saturated carbocycles. The second-order valence-corrected chi connectivity index (χ2v) is 6.55. The van der Waals surface area contributed by atoms with Crippen molar-refractivity contribution in [1.82, 2.24) is 5.32 Å². The van der Waals surface area contributed by atoms with Crippen LogP contribution in [0, 0.1) is 0 Å². The van der Waals surface area contributed by atoms with Crippen molar-refractivity contribution < 1.29 is 9.53 Å². The van der Waals surface area contributed by atoms with E-state index >= 15 is 0 Å². The van der Waals surface area contributed by atoms with E-state index in [4.69, 9.17) is 4.74 Å². The maximum absolute atomic E-state index is 13.0. The number of benzene rings is 3. The Bertz CT molecular complexity index is 812. The van der Waals surface area contributed by atoms with Gasteiger partial charge >= 0.3 is 0 Å². The van der Waals surface area contributed by atoms with Gasteiger partial charge in [0.25, 0.3) is 0 Å². The topological polar surface area (TPSA) is 38.3 Å². The first-order valence-electron chi connectivity index (χ1n) is 8.93. The second-order valence-electron chi connectivity index (χ2n) is 6.55. The van der Waals surface area contributed by atoms with Crippen molar-refractivity contribution in [3.05, 3.63) is 102 Å². The zero-order valence-electron chi connectivity index (χ0n) is 14.5. The summed E-state index contributed by atoms with van der Waals surface area (Å²) in [6.07, 6.45) is 0.821. The molecule has 1 atom stereocenters. The lowest BCUT2D eigenvalue weighted by Crippen LogP contribution is -2.37. The Morgan fingerprint density at radius 2 is 1.46 bits per heavy atom. The molecular formula is C23H21NO2. The fourth-order valence-corrected chi connectivity index (χ4v) is 3.47. The summed E-state index contributed by atoms with van der Waals surface area (Å²) in [4.78, 5) is 13.0. The normalized spacial score (nSPS) is 15.3. The Balaban J connectivity index is 1.48. The maximum atomic E-state index is 13.0. The number of carbonyl (C=O) groups is 1. The molecule has 0 spiro atoms. The predicted molar refractivity (Wildman–Crippen MR) is 102 cm³/mol. The van der Waals surface area contributed by atoms with Gasteiger partial charge in [-0.1, -0.05) is 78.9 Å². The van der Waals surface area contributed by atoms with Gasteiger partial charge in [0, 0.05) is 6.42 Å². The minimum Gasteiger partial charge on any atom is -0.488 e. The van der Waals surface area contributed by atoms with Crippen LogP contribution < -0.4 is 10.1 Å². The molecule has 26 heavy (non-hydrogen) atoms. The number of ether oxygens (including phenoxy) is 1. The van der Waals surface area contributed by atoms with Crippen LogP contribution in [0.25, 0.3) is 0 Å². The van der Waals surface area contributed by atoms with Gasteiger partial charge in [-0.3, -0.25) is 4.79 Å². The van der Waals surface area contributed by atoms with Crippen LogP contribution in [0.5, 0.6) is 5.75 Å². The molecule has 1 aliphatic heterocycles. The van der Waals surface area contributed by atoms with Crippen LogP contribution >= 0.6 is 0 Å². The Kier molecular flexibility index (Phi) is 4.69. The summed E-state index contributed by atoms with van der Waals surface area (Å²) < 4.78 is 5.93. The molecule has 1 amide bonds. The van der Waals surface area contributed by atoms with Crippen molar-refractivity contribution in [2.24, 2.45) is 0 Å². The highest BCUT2D eigenvalue weighted by Crippen LogP contribution is 2.28. The summed E-state index contributed by atoms with van der Waals surface area (Å²) >= 11 is 0. The standard InChI is InChI=1S/C23H21NO2/c25-23(24-16-20-15-19-13-7-8-14-21(19)26-20)22(17-9-3-1-4-10-17)18-11-5-2-6-12-18/h1-14,20,22H,15-16H2,(H,24,25). The number of fused-ring (bicyclic) bond motifs is 1. The molecule has 0 bridgehead atoms. The molecule has 1 N–H and O–H groups in total. The maximum Gasteiger partial charge on any atom is 0.232 e. The first-order chi connectivity index (χ1) is 12.8. The number of amides is 1. The molecule has 0 saturated heterocycles. The van der Waals surface area contributed by atoms with Gasteiger partial charge in [0.1, 0.15) is 11.9 Å². The van der Waals surface area contributed by atoms with Gasteiger partial charge in [-0.2, -0.15) is 0 Å². The van der Waals surface area contributed by atoms with E-state index in [-0.39, 0.29) is 17.9 Å². The van der Waals surface area contributed by atoms with Gasteiger partial charge in [-0.25, -0.2) is 0 Å². The Labute approximate surface area is 153 Å². The Morgan fingerprint density at radius 3 is 2.08 bits per heavy atom. The molecule has 3 nitrogen and oxygen atoms in total. The van der Waals surface area contributed by atoms with Gasteiger partial charge in [-0.15, -0.1) is 0 Å². The summed E-state index contributed by atoms with van der Waals surface area (Å²) in [6.45, 7) is 0.504. The third-order valence-corrected chi connectivity index (χ3v) is 4.75. The van der Waals surface area contributed by atoms with E-state index in [0.717, 1.165) is 23.3 Å². The Morgan fingerprint density at radius 1 is 0.885 bits per heavy atom. The average Bonchev–Trinajstić information content (AvgIpc) is 3.11. The van der Waals surface area contributed by atoms with Crippen molar-refractivity contribution in [3.63, 3.8) is 0 Å². The molecule has 1 aliphatic rings. The molecule has 3 aromatic carbocycles. The van der Waals surface area contributed by atoms with Crippen LogP contribution in [0.15, 0.2) is 84.9 Å². The molecule has 0 fully saturated rings. The number of rotatable bonds is 5. The molecule has 1 unspecified atom stereocenters. The second kappa shape index (κ2) is 7.44. The smallest absolute Gasteiger partial charge is 0.232 e. The summed E-state index contributed by atoms with van der Waals surface area (Å²) in [5.74, 6) is 0.609. The van der Waals surface area contributed by atoms with Gasteiger partial charge < -0.3 is 10.1 Å². The molecule has 0 aliphatic carbocycles. The number of hydrogen-bond acceptors (Lipinski definition) is 2. The zero-order chi connectivity index (χ0) is 17.8. The van der Waals surface area contributed by atoms with Crippen molar-refractivity contribution >= 4 is 5.91 Å². The van der Waals surface area contributed by atoms with Crippen molar-refractivity contribution in [2.75, 3.05) is 6.54 Å². The lowest BCUT2D eigenvalue weighted by atomic mass is 9.90. The van der Waals surface area contributed by atoms with Crippen molar-refractivity contribution in [1.29, 1.82) is 0 Å². The third-order valence-electron chi connectivity index (χ3n) is 4.75. The largest absolute Gasteiger partial charge is 0.488 e. The number of hydrogen-bond donors (Lipinski definition) is 1. The number of para-hydroxylation sites is 1. The highest BCUT2D eigenvalue weighted by atomic mass is 16.5. The van der Waals surface area contributed by atoms with Gasteiger partial charge in [-0.05, 0) is 22.8 Å². The van der Waals surface area contributed by atoms with E-state index in [9.17, 15) is 4.79 Å². The fourth-order valence-electron chi connectivity index (χ4n) is 3.47. The number of nitrogens with one attached hydrogen (secondary N) is 1. The third kappa shape index (κ3) is 3.47. The summed E-state index contributed by atoms with van der Waals surface area (Å²) in [5.41, 5.74) is 3.19. The quantitative estimate of drug-likeness (QED) is 0.762. The van der Waals surface area contributed by atoms with Crippen molar-refractivity contribution in [3.8, 4) is 5.75 Å². The van der Waals surface area contributed by atoms with Crippen molar-refractivity contribution in [2.45, 2.75) is 18.4 Å².